The molecule has 0 radical (unpaired) electrons. The number of amides is 1. The molecule has 148 valence electrons. The van der Waals surface area contributed by atoms with Crippen LogP contribution in [-0.2, 0) is 4.79 Å². The summed E-state index contributed by atoms with van der Waals surface area (Å²) >= 11 is 0. The topological polar surface area (TPSA) is 184 Å². The SMILES string of the molecule is CCCOc1ccc(/C=N/NC(=O)CNc2n[nH]c(=O)[nH]c2=O)cc1[N+](=O)[O-]. The largest absolute Gasteiger partial charge is 0.487 e. The molecule has 13 nitrogen and oxygen atoms in total. The number of H-pyrrole nitrogens is 2. The van der Waals surface area contributed by atoms with E-state index in [-0.39, 0.29) is 23.8 Å². The fraction of sp³-hybridized carbons (Fsp3) is 0.267. The maximum Gasteiger partial charge on any atom is 0.342 e. The van der Waals surface area contributed by atoms with Gasteiger partial charge in [-0.25, -0.2) is 15.3 Å². The van der Waals surface area contributed by atoms with Crippen molar-refractivity contribution in [2.24, 2.45) is 5.10 Å². The molecule has 0 saturated carbocycles. The van der Waals surface area contributed by atoms with E-state index in [1.54, 1.807) is 6.07 Å². The number of aromatic nitrogens is 3. The minimum atomic E-state index is -0.780. The van der Waals surface area contributed by atoms with Crippen LogP contribution in [0.25, 0.3) is 0 Å². The summed E-state index contributed by atoms with van der Waals surface area (Å²) in [6.07, 6.45) is 1.93. The number of benzene rings is 1. The number of hydrogen-bond acceptors (Lipinski definition) is 9. The second kappa shape index (κ2) is 9.61. The smallest absolute Gasteiger partial charge is 0.342 e. The van der Waals surface area contributed by atoms with E-state index >= 15 is 0 Å². The molecule has 1 heterocycles. The summed E-state index contributed by atoms with van der Waals surface area (Å²) in [4.78, 5) is 46.5. The van der Waals surface area contributed by atoms with Crippen LogP contribution in [0.15, 0.2) is 32.9 Å². The zero-order valence-corrected chi connectivity index (χ0v) is 14.7. The Hall–Kier alpha value is -4.03. The molecule has 0 atom stereocenters. The maximum absolute atomic E-state index is 11.7. The number of nitro groups is 1. The van der Waals surface area contributed by atoms with Crippen LogP contribution in [0.5, 0.6) is 5.75 Å². The summed E-state index contributed by atoms with van der Waals surface area (Å²) < 4.78 is 5.32. The monoisotopic (exact) mass is 391 g/mol. The fourth-order valence-corrected chi connectivity index (χ4v) is 1.94. The molecule has 0 bridgehead atoms. The van der Waals surface area contributed by atoms with E-state index < -0.39 is 22.1 Å². The number of carbonyl (C=O) groups is 1. The number of nitro benzene ring substituents is 1. The number of nitrogens with one attached hydrogen (secondary N) is 4. The van der Waals surface area contributed by atoms with Crippen molar-refractivity contribution in [1.29, 1.82) is 0 Å². The molecule has 0 unspecified atom stereocenters. The predicted molar refractivity (Wildman–Crippen MR) is 98.6 cm³/mol. The van der Waals surface area contributed by atoms with Gasteiger partial charge in [0.05, 0.1) is 24.3 Å². The first-order valence-electron chi connectivity index (χ1n) is 8.06. The zero-order valence-electron chi connectivity index (χ0n) is 14.7. The van der Waals surface area contributed by atoms with E-state index in [1.807, 2.05) is 17.0 Å². The van der Waals surface area contributed by atoms with Crippen LogP contribution in [0.4, 0.5) is 11.5 Å². The number of aromatic amines is 2. The Labute approximate surface area is 157 Å². The average molecular weight is 391 g/mol. The Morgan fingerprint density at radius 1 is 1.43 bits per heavy atom. The lowest BCUT2D eigenvalue weighted by molar-refractivity contribution is -0.385. The highest BCUT2D eigenvalue weighted by Crippen LogP contribution is 2.27. The molecule has 1 aromatic carbocycles. The molecular formula is C15H17N7O6. The van der Waals surface area contributed by atoms with E-state index in [1.165, 1.54) is 18.3 Å². The minimum Gasteiger partial charge on any atom is -0.487 e. The summed E-state index contributed by atoms with van der Waals surface area (Å²) in [5.41, 5.74) is 0.795. The van der Waals surface area contributed by atoms with Crippen molar-refractivity contribution < 1.29 is 14.5 Å². The third-order valence-corrected chi connectivity index (χ3v) is 3.17. The highest BCUT2D eigenvalue weighted by Gasteiger charge is 2.15. The van der Waals surface area contributed by atoms with Crippen LogP contribution in [0.2, 0.25) is 0 Å². The van der Waals surface area contributed by atoms with E-state index in [4.69, 9.17) is 4.74 Å². The van der Waals surface area contributed by atoms with Crippen molar-refractivity contribution in [1.82, 2.24) is 20.6 Å². The molecule has 13 heteroatoms. The highest BCUT2D eigenvalue weighted by atomic mass is 16.6. The number of hydrogen-bond donors (Lipinski definition) is 4. The van der Waals surface area contributed by atoms with Gasteiger partial charge >= 0.3 is 11.4 Å². The highest BCUT2D eigenvalue weighted by molar-refractivity contribution is 5.85. The normalized spacial score (nSPS) is 10.6. The Kier molecular flexibility index (Phi) is 6.96. The van der Waals surface area contributed by atoms with Gasteiger partial charge < -0.3 is 10.1 Å². The molecule has 0 aliphatic rings. The van der Waals surface area contributed by atoms with Gasteiger partial charge in [-0.05, 0) is 18.6 Å². The Morgan fingerprint density at radius 2 is 2.21 bits per heavy atom. The quantitative estimate of drug-likeness (QED) is 0.255. The lowest BCUT2D eigenvalue weighted by Gasteiger charge is -2.05. The van der Waals surface area contributed by atoms with E-state index in [9.17, 15) is 24.5 Å². The standard InChI is InChI=1S/C15H17N7O6/c1-2-5-28-11-4-3-9(6-10(11)22(26)27)7-17-19-12(23)8-16-13-14(24)18-15(25)21-20-13/h3-4,6-7H,2,5,8H2,1H3,(H,16,20)(H,19,23)(H2,18,21,24,25)/b17-7+. The van der Waals surface area contributed by atoms with Gasteiger partial charge in [-0.1, -0.05) is 6.92 Å². The van der Waals surface area contributed by atoms with Crippen molar-refractivity contribution in [2.75, 3.05) is 18.5 Å². The lowest BCUT2D eigenvalue weighted by atomic mass is 10.2. The van der Waals surface area contributed by atoms with E-state index in [2.05, 4.69) is 20.9 Å². The number of anilines is 1. The van der Waals surface area contributed by atoms with Crippen molar-refractivity contribution in [3.63, 3.8) is 0 Å². The van der Waals surface area contributed by atoms with Gasteiger partial charge in [-0.15, -0.1) is 5.10 Å². The van der Waals surface area contributed by atoms with Gasteiger partial charge in [-0.3, -0.25) is 24.7 Å². The molecule has 0 spiro atoms. The number of rotatable bonds is 9. The molecule has 0 fully saturated rings. The summed E-state index contributed by atoms with van der Waals surface area (Å²) in [6, 6.07) is 4.27. The first-order valence-corrected chi connectivity index (χ1v) is 8.06. The number of nitrogens with zero attached hydrogens (tertiary/aromatic N) is 3. The zero-order chi connectivity index (χ0) is 20.5. The van der Waals surface area contributed by atoms with E-state index in [0.717, 1.165) is 0 Å². The van der Waals surface area contributed by atoms with Gasteiger partial charge in [-0.2, -0.15) is 5.10 Å². The van der Waals surface area contributed by atoms with Gasteiger partial charge in [0.1, 0.15) is 0 Å². The predicted octanol–water partition coefficient (Wildman–Crippen LogP) is -0.283. The van der Waals surface area contributed by atoms with Gasteiger partial charge in [0.15, 0.2) is 5.75 Å². The van der Waals surface area contributed by atoms with Crippen LogP contribution in [0.1, 0.15) is 18.9 Å². The van der Waals surface area contributed by atoms with Crippen LogP contribution >= 0.6 is 0 Å². The average Bonchev–Trinajstić information content (AvgIpc) is 2.66. The minimum absolute atomic E-state index is 0.149. The second-order valence-corrected chi connectivity index (χ2v) is 5.33. The van der Waals surface area contributed by atoms with Gasteiger partial charge in [0.25, 0.3) is 11.5 Å². The van der Waals surface area contributed by atoms with Crippen molar-refractivity contribution in [3.05, 3.63) is 54.7 Å². The molecule has 2 aromatic rings. The number of hydrazone groups is 1. The summed E-state index contributed by atoms with van der Waals surface area (Å²) in [6.45, 7) is 1.89. The van der Waals surface area contributed by atoms with Gasteiger partial charge in [0, 0.05) is 11.6 Å². The second-order valence-electron chi connectivity index (χ2n) is 5.33. The Balaban J connectivity index is 1.95. The van der Waals surface area contributed by atoms with Gasteiger partial charge in [0.2, 0.25) is 5.82 Å². The van der Waals surface area contributed by atoms with Crippen molar-refractivity contribution in [3.8, 4) is 5.75 Å². The van der Waals surface area contributed by atoms with E-state index in [0.29, 0.717) is 18.6 Å². The third-order valence-electron chi connectivity index (χ3n) is 3.17. The molecule has 0 saturated heterocycles. The summed E-state index contributed by atoms with van der Waals surface area (Å²) in [5, 5.41) is 22.7. The molecule has 1 amide bonds. The first kappa shape index (κ1) is 20.3. The molecule has 0 aliphatic carbocycles. The van der Waals surface area contributed by atoms with Crippen molar-refractivity contribution >= 4 is 23.6 Å². The fourth-order valence-electron chi connectivity index (χ4n) is 1.94. The van der Waals surface area contributed by atoms with Crippen LogP contribution in [0, 0.1) is 10.1 Å². The van der Waals surface area contributed by atoms with Crippen molar-refractivity contribution in [2.45, 2.75) is 13.3 Å². The molecule has 28 heavy (non-hydrogen) atoms. The number of carbonyl (C=O) groups excluding carboxylic acids is 1. The van der Waals surface area contributed by atoms with Crippen LogP contribution in [0.3, 0.4) is 0 Å². The Bertz CT molecular complexity index is 997. The molecule has 4 N–H and O–H groups in total. The molecule has 2 rings (SSSR count). The van der Waals surface area contributed by atoms with Crippen LogP contribution in [-0.4, -0.2) is 45.4 Å². The molecule has 0 aliphatic heterocycles. The van der Waals surface area contributed by atoms with Crippen LogP contribution < -0.4 is 26.7 Å². The first-order chi connectivity index (χ1) is 13.4. The molecule has 1 aromatic heterocycles. The lowest BCUT2D eigenvalue weighted by Crippen LogP contribution is -2.31. The number of ether oxygens (including phenoxy) is 1. The maximum atomic E-state index is 11.7. The summed E-state index contributed by atoms with van der Waals surface area (Å²) in [7, 11) is 0. The summed E-state index contributed by atoms with van der Waals surface area (Å²) in [5.74, 6) is -0.700. The molecular weight excluding hydrogens is 374 g/mol. The Morgan fingerprint density at radius 3 is 2.89 bits per heavy atom. The third kappa shape index (κ3) is 5.76.